The summed E-state index contributed by atoms with van der Waals surface area (Å²) in [6.07, 6.45) is 1.90. The maximum atomic E-state index is 9.73. The number of anilines is 1. The number of guanidine groups is 1. The smallest absolute Gasteiger partial charge is 0.193 e. The fourth-order valence-corrected chi connectivity index (χ4v) is 1.82. The number of ether oxygens (including phenoxy) is 1. The number of hydrogen-bond acceptors (Lipinski definition) is 3. The van der Waals surface area contributed by atoms with Gasteiger partial charge in [-0.1, -0.05) is 12.1 Å². The molecule has 0 aliphatic heterocycles. The van der Waals surface area contributed by atoms with E-state index in [2.05, 4.69) is 10.3 Å². The lowest BCUT2D eigenvalue weighted by atomic mass is 10.2. The van der Waals surface area contributed by atoms with Gasteiger partial charge in [0.1, 0.15) is 0 Å². The van der Waals surface area contributed by atoms with E-state index in [4.69, 9.17) is 10.5 Å². The Morgan fingerprint density at radius 1 is 1.52 bits per heavy atom. The quantitative estimate of drug-likeness (QED) is 0.369. The van der Waals surface area contributed by atoms with Gasteiger partial charge in [0, 0.05) is 12.3 Å². The number of aliphatic imine (C=N–C) groups is 1. The van der Waals surface area contributed by atoms with Gasteiger partial charge >= 0.3 is 0 Å². The Bertz CT molecular complexity index is 464. The lowest BCUT2D eigenvalue weighted by Gasteiger charge is -2.10. The number of aliphatic hydroxyl groups is 1. The van der Waals surface area contributed by atoms with Gasteiger partial charge in [0.05, 0.1) is 19.3 Å². The van der Waals surface area contributed by atoms with Gasteiger partial charge in [0.15, 0.2) is 5.96 Å². The minimum absolute atomic E-state index is 0. The number of aliphatic hydroxyl groups excluding tert-OH is 1. The summed E-state index contributed by atoms with van der Waals surface area (Å²) in [7, 11) is 0. The van der Waals surface area contributed by atoms with Crippen molar-refractivity contribution < 1.29 is 9.84 Å². The molecule has 0 heterocycles. The lowest BCUT2D eigenvalue weighted by molar-refractivity contribution is 0.0369. The first kappa shape index (κ1) is 18.2. The highest BCUT2D eigenvalue weighted by Crippen LogP contribution is 2.28. The average molecular weight is 405 g/mol. The van der Waals surface area contributed by atoms with Gasteiger partial charge in [-0.2, -0.15) is 0 Å². The third-order valence-corrected chi connectivity index (χ3v) is 3.12. The summed E-state index contributed by atoms with van der Waals surface area (Å²) in [4.78, 5) is 4.12. The van der Waals surface area contributed by atoms with Crippen LogP contribution in [0.4, 0.5) is 5.69 Å². The summed E-state index contributed by atoms with van der Waals surface area (Å²) in [5.41, 5.74) is 7.82. The molecule has 4 N–H and O–H groups in total. The van der Waals surface area contributed by atoms with Gasteiger partial charge in [-0.3, -0.25) is 4.99 Å². The van der Waals surface area contributed by atoms with Crippen LogP contribution in [0.3, 0.4) is 0 Å². The molecule has 1 saturated carbocycles. The number of nitrogens with zero attached hydrogens (tertiary/aromatic N) is 1. The number of nitrogens with two attached hydrogens (primary N) is 1. The van der Waals surface area contributed by atoms with E-state index in [0.29, 0.717) is 18.5 Å². The predicted octanol–water partition coefficient (Wildman–Crippen LogP) is 2.13. The maximum Gasteiger partial charge on any atom is 0.193 e. The highest BCUT2D eigenvalue weighted by atomic mass is 127. The summed E-state index contributed by atoms with van der Waals surface area (Å²) in [6, 6.07) is 7.87. The summed E-state index contributed by atoms with van der Waals surface area (Å²) in [6.45, 7) is 3.32. The van der Waals surface area contributed by atoms with Gasteiger partial charge in [0.25, 0.3) is 0 Å². The second-order valence-electron chi connectivity index (χ2n) is 5.36. The molecular formula is C15H24IN3O2. The van der Waals surface area contributed by atoms with Crippen LogP contribution in [0.2, 0.25) is 0 Å². The zero-order valence-electron chi connectivity index (χ0n) is 12.3. The monoisotopic (exact) mass is 405 g/mol. The van der Waals surface area contributed by atoms with E-state index in [1.54, 1.807) is 0 Å². The Morgan fingerprint density at radius 3 is 2.95 bits per heavy atom. The largest absolute Gasteiger partial charge is 0.389 e. The standard InChI is InChI=1S/C15H23N3O2.HI/c1-11-3-2-4-13(7-11)18-15(16)17-8-14(19)10-20-9-12-5-6-12;/h2-4,7,12,14,19H,5-6,8-10H2,1H3,(H3,16,17,18);1H. The molecule has 1 aromatic rings. The summed E-state index contributed by atoms with van der Waals surface area (Å²) in [5.74, 6) is 1.01. The molecule has 1 unspecified atom stereocenters. The topological polar surface area (TPSA) is 79.9 Å². The van der Waals surface area contributed by atoms with Crippen molar-refractivity contribution in [2.45, 2.75) is 25.9 Å². The Hall–Kier alpha value is -0.860. The normalized spacial score (nSPS) is 16.2. The van der Waals surface area contributed by atoms with E-state index >= 15 is 0 Å². The predicted molar refractivity (Wildman–Crippen MR) is 96.3 cm³/mol. The van der Waals surface area contributed by atoms with Crippen molar-refractivity contribution in [1.82, 2.24) is 0 Å². The average Bonchev–Trinajstić information content (AvgIpc) is 3.20. The Balaban J connectivity index is 0.00000220. The van der Waals surface area contributed by atoms with Gasteiger partial charge < -0.3 is 20.9 Å². The molecule has 0 bridgehead atoms. The molecule has 0 aromatic heterocycles. The Labute approximate surface area is 143 Å². The van der Waals surface area contributed by atoms with Gasteiger partial charge in [-0.15, -0.1) is 24.0 Å². The van der Waals surface area contributed by atoms with Crippen molar-refractivity contribution >= 4 is 35.6 Å². The van der Waals surface area contributed by atoms with E-state index in [0.717, 1.165) is 17.9 Å². The fraction of sp³-hybridized carbons (Fsp3) is 0.533. The Morgan fingerprint density at radius 2 is 2.29 bits per heavy atom. The SMILES string of the molecule is Cc1cccc(NC(N)=NCC(O)COCC2CC2)c1.I. The van der Waals surface area contributed by atoms with Crippen molar-refractivity contribution in [3.8, 4) is 0 Å². The number of halogens is 1. The van der Waals surface area contributed by atoms with Gasteiger partial charge in [0.2, 0.25) is 0 Å². The summed E-state index contributed by atoms with van der Waals surface area (Å²) in [5, 5.41) is 12.7. The molecule has 1 aliphatic rings. The lowest BCUT2D eigenvalue weighted by Crippen LogP contribution is -2.26. The van der Waals surface area contributed by atoms with Crippen LogP contribution in [-0.4, -0.2) is 36.9 Å². The molecule has 1 aliphatic carbocycles. The molecule has 0 amide bonds. The first-order valence-electron chi connectivity index (χ1n) is 7.03. The van der Waals surface area contributed by atoms with Crippen LogP contribution < -0.4 is 11.1 Å². The summed E-state index contributed by atoms with van der Waals surface area (Å²) >= 11 is 0. The minimum atomic E-state index is -0.605. The third kappa shape index (κ3) is 7.63. The Kier molecular flexibility index (Phi) is 7.98. The summed E-state index contributed by atoms with van der Waals surface area (Å²) < 4.78 is 5.41. The molecule has 118 valence electrons. The molecular weight excluding hydrogens is 381 g/mol. The first-order chi connectivity index (χ1) is 9.63. The van der Waals surface area contributed by atoms with Crippen molar-refractivity contribution in [3.05, 3.63) is 29.8 Å². The van der Waals surface area contributed by atoms with Crippen LogP contribution in [0, 0.1) is 12.8 Å². The zero-order chi connectivity index (χ0) is 14.4. The first-order valence-corrected chi connectivity index (χ1v) is 7.03. The third-order valence-electron chi connectivity index (χ3n) is 3.12. The van der Waals surface area contributed by atoms with Crippen LogP contribution in [0.5, 0.6) is 0 Å². The molecule has 1 aromatic carbocycles. The molecule has 0 saturated heterocycles. The molecule has 2 rings (SSSR count). The van der Waals surface area contributed by atoms with E-state index < -0.39 is 6.10 Å². The number of benzene rings is 1. The van der Waals surface area contributed by atoms with Crippen LogP contribution in [-0.2, 0) is 4.74 Å². The zero-order valence-corrected chi connectivity index (χ0v) is 14.6. The molecule has 1 fully saturated rings. The van der Waals surface area contributed by atoms with Gasteiger partial charge in [-0.25, -0.2) is 0 Å². The van der Waals surface area contributed by atoms with Crippen molar-refractivity contribution in [2.75, 3.05) is 25.1 Å². The van der Waals surface area contributed by atoms with Crippen LogP contribution in [0.1, 0.15) is 18.4 Å². The molecule has 0 radical (unpaired) electrons. The number of rotatable bonds is 7. The molecule has 5 nitrogen and oxygen atoms in total. The highest BCUT2D eigenvalue weighted by Gasteiger charge is 2.21. The fourth-order valence-electron chi connectivity index (χ4n) is 1.82. The molecule has 0 spiro atoms. The number of hydrogen-bond donors (Lipinski definition) is 3. The van der Waals surface area contributed by atoms with Gasteiger partial charge in [-0.05, 0) is 43.4 Å². The molecule has 6 heteroatoms. The second kappa shape index (κ2) is 9.22. The molecule has 1 atom stereocenters. The van der Waals surface area contributed by atoms with E-state index in [1.807, 2.05) is 31.2 Å². The van der Waals surface area contributed by atoms with E-state index in [-0.39, 0.29) is 30.5 Å². The molecule has 21 heavy (non-hydrogen) atoms. The minimum Gasteiger partial charge on any atom is -0.389 e. The second-order valence-corrected chi connectivity index (χ2v) is 5.36. The van der Waals surface area contributed by atoms with Crippen LogP contribution in [0.15, 0.2) is 29.3 Å². The van der Waals surface area contributed by atoms with Crippen molar-refractivity contribution in [1.29, 1.82) is 0 Å². The van der Waals surface area contributed by atoms with Crippen molar-refractivity contribution in [2.24, 2.45) is 16.6 Å². The van der Waals surface area contributed by atoms with Crippen LogP contribution in [0.25, 0.3) is 0 Å². The maximum absolute atomic E-state index is 9.73. The number of aryl methyl sites for hydroxylation is 1. The highest BCUT2D eigenvalue weighted by molar-refractivity contribution is 14.0. The number of nitrogens with one attached hydrogen (secondary N) is 1. The van der Waals surface area contributed by atoms with Crippen LogP contribution >= 0.6 is 24.0 Å². The van der Waals surface area contributed by atoms with E-state index in [1.165, 1.54) is 12.8 Å². The van der Waals surface area contributed by atoms with E-state index in [9.17, 15) is 5.11 Å². The van der Waals surface area contributed by atoms with Crippen molar-refractivity contribution in [3.63, 3.8) is 0 Å².